The molecular formula is C19H38N4O4S. The lowest BCUT2D eigenvalue weighted by Crippen LogP contribution is -2.49. The zero-order valence-electron chi connectivity index (χ0n) is 17.5. The van der Waals surface area contributed by atoms with Crippen molar-refractivity contribution >= 4 is 15.8 Å². The van der Waals surface area contributed by atoms with Crippen LogP contribution < -0.4 is 10.6 Å². The van der Waals surface area contributed by atoms with Crippen molar-refractivity contribution in [3.05, 3.63) is 0 Å². The standard InChI is InChI=1S/C19H38N4O4S/c1-3-20-19(21-8-4-12-26-15-17-7-13-27-16-17)22-18-5-9-23(10-6-18)11-14-28(2,24)25/h17-18H,3-16H2,1-2H3,(H2,20,21,22). The SMILES string of the molecule is CCNC(=NCCCOCC1CCOC1)NC1CCN(CCS(C)(=O)=O)CC1. The van der Waals surface area contributed by atoms with Gasteiger partial charge in [0.15, 0.2) is 5.96 Å². The maximum Gasteiger partial charge on any atom is 0.191 e. The van der Waals surface area contributed by atoms with E-state index in [9.17, 15) is 8.42 Å². The molecule has 0 saturated carbocycles. The highest BCUT2D eigenvalue weighted by atomic mass is 32.2. The molecule has 0 aliphatic carbocycles. The van der Waals surface area contributed by atoms with Crippen LogP contribution in [0.2, 0.25) is 0 Å². The van der Waals surface area contributed by atoms with E-state index in [1.54, 1.807) is 0 Å². The van der Waals surface area contributed by atoms with Gasteiger partial charge in [-0.25, -0.2) is 8.42 Å². The summed E-state index contributed by atoms with van der Waals surface area (Å²) in [6, 6.07) is 0.380. The molecule has 28 heavy (non-hydrogen) atoms. The van der Waals surface area contributed by atoms with Crippen molar-refractivity contribution in [2.24, 2.45) is 10.9 Å². The Hall–Kier alpha value is -0.900. The number of piperidine rings is 1. The second-order valence-corrected chi connectivity index (χ2v) is 10.1. The van der Waals surface area contributed by atoms with Crippen molar-refractivity contribution in [3.8, 4) is 0 Å². The average Bonchev–Trinajstić information content (AvgIpc) is 3.17. The van der Waals surface area contributed by atoms with Gasteiger partial charge < -0.3 is 25.0 Å². The highest BCUT2D eigenvalue weighted by Crippen LogP contribution is 2.12. The van der Waals surface area contributed by atoms with Crippen molar-refractivity contribution < 1.29 is 17.9 Å². The van der Waals surface area contributed by atoms with Gasteiger partial charge in [-0.3, -0.25) is 4.99 Å². The Labute approximate surface area is 170 Å². The van der Waals surface area contributed by atoms with E-state index in [2.05, 4.69) is 27.4 Å². The van der Waals surface area contributed by atoms with Crippen LogP contribution in [0.15, 0.2) is 4.99 Å². The molecule has 0 spiro atoms. The Kier molecular flexibility index (Phi) is 10.5. The summed E-state index contributed by atoms with van der Waals surface area (Å²) in [5, 5.41) is 6.83. The number of hydrogen-bond acceptors (Lipinski definition) is 6. The molecule has 0 radical (unpaired) electrons. The fourth-order valence-electron chi connectivity index (χ4n) is 3.43. The van der Waals surface area contributed by atoms with Gasteiger partial charge in [0, 0.05) is 64.2 Å². The van der Waals surface area contributed by atoms with Crippen molar-refractivity contribution in [1.82, 2.24) is 15.5 Å². The van der Waals surface area contributed by atoms with E-state index in [0.717, 1.165) is 84.2 Å². The lowest BCUT2D eigenvalue weighted by atomic mass is 10.1. The van der Waals surface area contributed by atoms with Gasteiger partial charge in [0.25, 0.3) is 0 Å². The van der Waals surface area contributed by atoms with Gasteiger partial charge in [-0.05, 0) is 32.6 Å². The van der Waals surface area contributed by atoms with Gasteiger partial charge in [-0.1, -0.05) is 0 Å². The molecule has 2 fully saturated rings. The number of sulfone groups is 1. The van der Waals surface area contributed by atoms with E-state index in [0.29, 0.717) is 18.5 Å². The van der Waals surface area contributed by atoms with E-state index < -0.39 is 9.84 Å². The average molecular weight is 419 g/mol. The topological polar surface area (TPSA) is 92.3 Å². The lowest BCUT2D eigenvalue weighted by molar-refractivity contribution is 0.0893. The van der Waals surface area contributed by atoms with Gasteiger partial charge in [0.05, 0.1) is 19.0 Å². The quantitative estimate of drug-likeness (QED) is 0.287. The van der Waals surface area contributed by atoms with E-state index in [1.165, 1.54) is 6.26 Å². The smallest absolute Gasteiger partial charge is 0.191 e. The second kappa shape index (κ2) is 12.6. The Balaban J connectivity index is 1.61. The minimum Gasteiger partial charge on any atom is -0.381 e. The monoisotopic (exact) mass is 418 g/mol. The molecule has 2 heterocycles. The van der Waals surface area contributed by atoms with Crippen LogP contribution in [0.4, 0.5) is 0 Å². The number of likely N-dealkylation sites (tertiary alicyclic amines) is 1. The third kappa shape index (κ3) is 10.0. The third-order valence-electron chi connectivity index (χ3n) is 5.15. The first-order chi connectivity index (χ1) is 13.5. The van der Waals surface area contributed by atoms with Crippen LogP contribution in [0.25, 0.3) is 0 Å². The minimum absolute atomic E-state index is 0.241. The predicted octanol–water partition coefficient (Wildman–Crippen LogP) is 0.494. The number of guanidine groups is 1. The first kappa shape index (κ1) is 23.4. The number of rotatable bonds is 11. The largest absolute Gasteiger partial charge is 0.381 e. The number of aliphatic imine (C=N–C) groups is 1. The molecule has 0 aromatic carbocycles. The molecule has 2 rings (SSSR count). The summed E-state index contributed by atoms with van der Waals surface area (Å²) < 4.78 is 33.7. The van der Waals surface area contributed by atoms with Gasteiger partial charge in [0.1, 0.15) is 9.84 Å². The number of ether oxygens (including phenoxy) is 2. The molecule has 9 heteroatoms. The lowest BCUT2D eigenvalue weighted by Gasteiger charge is -2.32. The molecule has 0 aromatic rings. The fourth-order valence-corrected chi connectivity index (χ4v) is 4.02. The molecule has 2 N–H and O–H groups in total. The Morgan fingerprint density at radius 3 is 2.71 bits per heavy atom. The predicted molar refractivity (Wildman–Crippen MR) is 113 cm³/mol. The highest BCUT2D eigenvalue weighted by Gasteiger charge is 2.20. The van der Waals surface area contributed by atoms with Crippen LogP contribution in [0.3, 0.4) is 0 Å². The van der Waals surface area contributed by atoms with Crippen molar-refractivity contribution in [3.63, 3.8) is 0 Å². The summed E-state index contributed by atoms with van der Waals surface area (Å²) in [4.78, 5) is 6.89. The van der Waals surface area contributed by atoms with E-state index in [4.69, 9.17) is 9.47 Å². The Morgan fingerprint density at radius 2 is 2.07 bits per heavy atom. The zero-order chi connectivity index (χ0) is 20.2. The molecule has 0 bridgehead atoms. The van der Waals surface area contributed by atoms with Crippen LogP contribution in [0, 0.1) is 5.92 Å². The van der Waals surface area contributed by atoms with Crippen LogP contribution >= 0.6 is 0 Å². The molecule has 0 amide bonds. The van der Waals surface area contributed by atoms with E-state index in [1.807, 2.05) is 0 Å². The van der Waals surface area contributed by atoms with Crippen LogP contribution in [0.1, 0.15) is 32.6 Å². The Morgan fingerprint density at radius 1 is 1.29 bits per heavy atom. The Bertz CT molecular complexity index is 556. The molecule has 2 aliphatic rings. The van der Waals surface area contributed by atoms with E-state index in [-0.39, 0.29) is 5.75 Å². The third-order valence-corrected chi connectivity index (χ3v) is 6.07. The molecular weight excluding hydrogens is 380 g/mol. The summed E-state index contributed by atoms with van der Waals surface area (Å²) >= 11 is 0. The maximum absolute atomic E-state index is 11.3. The summed E-state index contributed by atoms with van der Waals surface area (Å²) in [7, 11) is -2.89. The van der Waals surface area contributed by atoms with Crippen molar-refractivity contribution in [2.45, 2.75) is 38.6 Å². The molecule has 2 saturated heterocycles. The molecule has 0 aromatic heterocycles. The van der Waals surface area contributed by atoms with Crippen LogP contribution in [0.5, 0.6) is 0 Å². The maximum atomic E-state index is 11.3. The number of nitrogens with one attached hydrogen (secondary N) is 2. The van der Waals surface area contributed by atoms with Gasteiger partial charge in [-0.15, -0.1) is 0 Å². The van der Waals surface area contributed by atoms with Crippen LogP contribution in [-0.4, -0.2) is 96.5 Å². The second-order valence-electron chi connectivity index (χ2n) is 7.81. The fraction of sp³-hybridized carbons (Fsp3) is 0.947. The number of nitrogens with zero attached hydrogens (tertiary/aromatic N) is 2. The summed E-state index contributed by atoms with van der Waals surface area (Å²) in [6.07, 6.45) is 5.32. The van der Waals surface area contributed by atoms with Gasteiger partial charge in [-0.2, -0.15) is 0 Å². The first-order valence-corrected chi connectivity index (χ1v) is 12.6. The van der Waals surface area contributed by atoms with Gasteiger partial charge in [0.2, 0.25) is 0 Å². The number of hydrogen-bond donors (Lipinski definition) is 2. The molecule has 1 atom stereocenters. The van der Waals surface area contributed by atoms with Crippen molar-refractivity contribution in [2.75, 3.05) is 71.2 Å². The molecule has 2 aliphatic heterocycles. The van der Waals surface area contributed by atoms with Crippen molar-refractivity contribution in [1.29, 1.82) is 0 Å². The van der Waals surface area contributed by atoms with Crippen LogP contribution in [-0.2, 0) is 19.3 Å². The van der Waals surface area contributed by atoms with Gasteiger partial charge >= 0.3 is 0 Å². The minimum atomic E-state index is -2.89. The molecule has 164 valence electrons. The zero-order valence-corrected chi connectivity index (χ0v) is 18.3. The summed E-state index contributed by atoms with van der Waals surface area (Å²) in [6.45, 7) is 9.34. The highest BCUT2D eigenvalue weighted by molar-refractivity contribution is 7.90. The van der Waals surface area contributed by atoms with E-state index >= 15 is 0 Å². The molecule has 1 unspecified atom stereocenters. The molecule has 8 nitrogen and oxygen atoms in total. The summed E-state index contributed by atoms with van der Waals surface area (Å²) in [5.41, 5.74) is 0. The first-order valence-electron chi connectivity index (χ1n) is 10.6. The summed E-state index contributed by atoms with van der Waals surface area (Å²) in [5.74, 6) is 1.66. The normalized spacial score (nSPS) is 22.5.